The van der Waals surface area contributed by atoms with E-state index >= 15 is 0 Å². The fraction of sp³-hybridized carbons (Fsp3) is 0.391. The predicted molar refractivity (Wildman–Crippen MR) is 119 cm³/mol. The average Bonchev–Trinajstić information content (AvgIpc) is 2.76. The zero-order valence-electron chi connectivity index (χ0n) is 18.2. The van der Waals surface area contributed by atoms with Gasteiger partial charge in [-0.3, -0.25) is 9.59 Å². The summed E-state index contributed by atoms with van der Waals surface area (Å²) in [5.74, 6) is 1.93. The Morgan fingerprint density at radius 1 is 1.16 bits per heavy atom. The Morgan fingerprint density at radius 2 is 1.90 bits per heavy atom. The Hall–Kier alpha value is -3.26. The van der Waals surface area contributed by atoms with Crippen molar-refractivity contribution in [1.82, 2.24) is 4.90 Å². The number of likely N-dealkylation sites (N-methyl/N-ethyl adjacent to an activating group) is 1. The number of carbonyl (C=O) groups is 2. The highest BCUT2D eigenvalue weighted by Crippen LogP contribution is 2.34. The largest absolute Gasteiger partial charge is 0.497 e. The monoisotopic (exact) mass is 427 g/mol. The normalized spacial score (nSPS) is 12.9. The second kappa shape index (κ2) is 10.7. The third-order valence-corrected chi connectivity index (χ3v) is 4.83. The zero-order valence-corrected chi connectivity index (χ0v) is 18.2. The maximum absolute atomic E-state index is 12.3. The minimum Gasteiger partial charge on any atom is -0.497 e. The minimum atomic E-state index is -0.102. The molecule has 2 aromatic rings. The summed E-state index contributed by atoms with van der Waals surface area (Å²) in [4.78, 5) is 28.2. The van der Waals surface area contributed by atoms with Gasteiger partial charge in [0.15, 0.2) is 6.61 Å². The summed E-state index contributed by atoms with van der Waals surface area (Å²) < 4.78 is 16.3. The van der Waals surface area contributed by atoms with Gasteiger partial charge >= 0.3 is 0 Å². The molecule has 0 saturated carbocycles. The molecule has 0 atom stereocenters. The fourth-order valence-electron chi connectivity index (χ4n) is 3.15. The topological polar surface area (TPSA) is 80.3 Å². The van der Waals surface area contributed by atoms with Gasteiger partial charge in [0, 0.05) is 31.3 Å². The lowest BCUT2D eigenvalue weighted by atomic mass is 10.2. The van der Waals surface area contributed by atoms with Gasteiger partial charge in [-0.15, -0.1) is 0 Å². The molecule has 0 unspecified atom stereocenters. The molecule has 8 nitrogen and oxygen atoms in total. The van der Waals surface area contributed by atoms with Gasteiger partial charge in [-0.05, 0) is 56.9 Å². The molecule has 31 heavy (non-hydrogen) atoms. The van der Waals surface area contributed by atoms with E-state index in [2.05, 4.69) is 5.32 Å². The van der Waals surface area contributed by atoms with E-state index in [0.29, 0.717) is 37.4 Å². The molecule has 0 radical (unpaired) electrons. The smallest absolute Gasteiger partial charge is 0.265 e. The zero-order chi connectivity index (χ0) is 22.2. The molecule has 1 aliphatic rings. The van der Waals surface area contributed by atoms with Gasteiger partial charge in [0.1, 0.15) is 17.2 Å². The van der Waals surface area contributed by atoms with E-state index in [9.17, 15) is 9.59 Å². The quantitative estimate of drug-likeness (QED) is 0.588. The van der Waals surface area contributed by atoms with E-state index in [0.717, 1.165) is 23.7 Å². The molecule has 8 heteroatoms. The SMILES string of the molecule is COc1ccc(OCCCC(=O)Nc2ccc3c(c2)OCC(=O)N3CCN(C)C)cc1. The van der Waals surface area contributed by atoms with Crippen LogP contribution in [0.15, 0.2) is 42.5 Å². The number of rotatable bonds is 10. The van der Waals surface area contributed by atoms with Crippen LogP contribution in [0.25, 0.3) is 0 Å². The molecule has 0 bridgehead atoms. The van der Waals surface area contributed by atoms with Crippen LogP contribution < -0.4 is 24.4 Å². The van der Waals surface area contributed by atoms with Crippen molar-refractivity contribution in [1.29, 1.82) is 0 Å². The molecule has 0 aromatic heterocycles. The fourth-order valence-corrected chi connectivity index (χ4v) is 3.15. The van der Waals surface area contributed by atoms with Crippen LogP contribution in [0.4, 0.5) is 11.4 Å². The van der Waals surface area contributed by atoms with E-state index < -0.39 is 0 Å². The summed E-state index contributed by atoms with van der Waals surface area (Å²) in [6.07, 6.45) is 0.924. The lowest BCUT2D eigenvalue weighted by molar-refractivity contribution is -0.121. The summed E-state index contributed by atoms with van der Waals surface area (Å²) in [7, 11) is 5.54. The average molecular weight is 428 g/mol. The van der Waals surface area contributed by atoms with E-state index in [4.69, 9.17) is 14.2 Å². The molecule has 3 rings (SSSR count). The van der Waals surface area contributed by atoms with Crippen LogP contribution in [-0.2, 0) is 9.59 Å². The van der Waals surface area contributed by atoms with Crippen LogP contribution in [0.1, 0.15) is 12.8 Å². The second-order valence-corrected chi connectivity index (χ2v) is 7.50. The maximum Gasteiger partial charge on any atom is 0.265 e. The molecule has 1 aliphatic heterocycles. The Bertz CT molecular complexity index is 899. The van der Waals surface area contributed by atoms with Crippen LogP contribution in [0, 0.1) is 0 Å². The number of carbonyl (C=O) groups excluding carboxylic acids is 2. The van der Waals surface area contributed by atoms with Crippen LogP contribution in [0.2, 0.25) is 0 Å². The van der Waals surface area contributed by atoms with Gasteiger partial charge in [0.25, 0.3) is 5.91 Å². The highest BCUT2D eigenvalue weighted by molar-refractivity contribution is 5.99. The maximum atomic E-state index is 12.3. The Kier molecular flexibility index (Phi) is 7.72. The lowest BCUT2D eigenvalue weighted by Gasteiger charge is -2.30. The first-order chi connectivity index (χ1) is 15.0. The lowest BCUT2D eigenvalue weighted by Crippen LogP contribution is -2.42. The molecule has 0 fully saturated rings. The minimum absolute atomic E-state index is 0.000523. The summed E-state index contributed by atoms with van der Waals surface area (Å²) in [6.45, 7) is 1.78. The van der Waals surface area contributed by atoms with Crippen molar-refractivity contribution < 1.29 is 23.8 Å². The van der Waals surface area contributed by atoms with Gasteiger partial charge < -0.3 is 29.3 Å². The van der Waals surface area contributed by atoms with Crippen molar-refractivity contribution in [2.24, 2.45) is 0 Å². The third kappa shape index (κ3) is 6.36. The second-order valence-electron chi connectivity index (χ2n) is 7.50. The van der Waals surface area contributed by atoms with Crippen LogP contribution in [0.3, 0.4) is 0 Å². The summed E-state index contributed by atoms with van der Waals surface area (Å²) >= 11 is 0. The highest BCUT2D eigenvalue weighted by atomic mass is 16.5. The van der Waals surface area contributed by atoms with Crippen molar-refractivity contribution in [3.8, 4) is 17.2 Å². The molecule has 0 aliphatic carbocycles. The molecule has 1 N–H and O–H groups in total. The molecule has 1 heterocycles. The molecule has 2 amide bonds. The number of benzene rings is 2. The Balaban J connectivity index is 1.48. The number of ether oxygens (including phenoxy) is 3. The highest BCUT2D eigenvalue weighted by Gasteiger charge is 2.25. The molecule has 2 aromatic carbocycles. The van der Waals surface area contributed by atoms with Crippen LogP contribution in [-0.4, -0.2) is 64.2 Å². The van der Waals surface area contributed by atoms with E-state index in [1.54, 1.807) is 24.1 Å². The van der Waals surface area contributed by atoms with Crippen molar-refractivity contribution in [2.45, 2.75) is 12.8 Å². The first-order valence-corrected chi connectivity index (χ1v) is 10.2. The predicted octanol–water partition coefficient (Wildman–Crippen LogP) is 2.78. The van der Waals surface area contributed by atoms with Gasteiger partial charge in [-0.1, -0.05) is 0 Å². The Morgan fingerprint density at radius 3 is 2.61 bits per heavy atom. The first-order valence-electron chi connectivity index (χ1n) is 10.2. The molecular weight excluding hydrogens is 398 g/mol. The number of anilines is 2. The van der Waals surface area contributed by atoms with Crippen molar-refractivity contribution >= 4 is 23.2 Å². The van der Waals surface area contributed by atoms with Gasteiger partial charge in [0.2, 0.25) is 5.91 Å². The summed E-state index contributed by atoms with van der Waals surface area (Å²) in [5.41, 5.74) is 1.37. The van der Waals surface area contributed by atoms with Gasteiger partial charge in [-0.25, -0.2) is 0 Å². The molecule has 0 saturated heterocycles. The summed E-state index contributed by atoms with van der Waals surface area (Å²) in [6, 6.07) is 12.7. The van der Waals surface area contributed by atoms with Crippen molar-refractivity contribution in [3.63, 3.8) is 0 Å². The number of amides is 2. The van der Waals surface area contributed by atoms with Crippen molar-refractivity contribution in [2.75, 3.05) is 57.7 Å². The number of nitrogens with one attached hydrogen (secondary N) is 1. The van der Waals surface area contributed by atoms with Gasteiger partial charge in [0.05, 0.1) is 19.4 Å². The first kappa shape index (κ1) is 22.4. The Labute approximate surface area is 182 Å². The number of hydrogen-bond donors (Lipinski definition) is 1. The van der Waals surface area contributed by atoms with Crippen molar-refractivity contribution in [3.05, 3.63) is 42.5 Å². The third-order valence-electron chi connectivity index (χ3n) is 4.83. The standard InChI is InChI=1S/C23H29N3O5/c1-25(2)12-13-26-20-11-6-17(15-21(20)31-16-23(26)28)24-22(27)5-4-14-30-19-9-7-18(29-3)8-10-19/h6-11,15H,4-5,12-14,16H2,1-3H3,(H,24,27). The summed E-state index contributed by atoms with van der Waals surface area (Å²) in [5, 5.41) is 2.88. The number of methoxy groups -OCH3 is 1. The van der Waals surface area contributed by atoms with E-state index in [1.165, 1.54) is 0 Å². The number of fused-ring (bicyclic) bond motifs is 1. The molecule has 0 spiro atoms. The van der Waals surface area contributed by atoms with Gasteiger partial charge in [-0.2, -0.15) is 0 Å². The van der Waals surface area contributed by atoms with Crippen LogP contribution in [0.5, 0.6) is 17.2 Å². The van der Waals surface area contributed by atoms with E-state index in [1.807, 2.05) is 49.3 Å². The number of hydrogen-bond acceptors (Lipinski definition) is 6. The molecule has 166 valence electrons. The molecular formula is C23H29N3O5. The van der Waals surface area contributed by atoms with E-state index in [-0.39, 0.29) is 18.4 Å². The number of nitrogens with zero attached hydrogens (tertiary/aromatic N) is 2. The van der Waals surface area contributed by atoms with Crippen LogP contribution >= 0.6 is 0 Å².